The number of carbonyl (C=O) groups is 2. The Balaban J connectivity index is 1.08. The Hall–Kier alpha value is -1.76. The summed E-state index contributed by atoms with van der Waals surface area (Å²) in [6.45, 7) is 13.7. The number of carbonyl (C=O) groups excluding carboxylic acids is 1. The number of carboxylic acids is 1. The van der Waals surface area contributed by atoms with Crippen LogP contribution >= 0.6 is 0 Å². The fourth-order valence-corrected chi connectivity index (χ4v) is 14.9. The summed E-state index contributed by atoms with van der Waals surface area (Å²) in [7, 11) is 0. The van der Waals surface area contributed by atoms with Gasteiger partial charge in [-0.05, 0) is 90.8 Å². The van der Waals surface area contributed by atoms with Crippen molar-refractivity contribution in [2.45, 2.75) is 204 Å². The number of rotatable bonds is 10. The molecule has 0 amide bonds. The zero-order valence-electron chi connectivity index (χ0n) is 39.7. The Morgan fingerprint density at radius 1 is 0.672 bits per heavy atom. The van der Waals surface area contributed by atoms with Crippen LogP contribution in [0.15, 0.2) is 11.6 Å². The first-order valence-corrected chi connectivity index (χ1v) is 24.3. The van der Waals surface area contributed by atoms with Gasteiger partial charge in [-0.2, -0.15) is 0 Å². The molecular formula is C48H76O19. The van der Waals surface area contributed by atoms with Crippen molar-refractivity contribution >= 4 is 11.8 Å². The number of fused-ring (bicyclic) bond motifs is 7. The van der Waals surface area contributed by atoms with Crippen LogP contribution < -0.4 is 0 Å². The molecule has 0 spiro atoms. The van der Waals surface area contributed by atoms with Crippen molar-refractivity contribution in [1.29, 1.82) is 0 Å². The van der Waals surface area contributed by atoms with E-state index in [0.717, 1.165) is 38.5 Å². The molecule has 382 valence electrons. The highest BCUT2D eigenvalue weighted by Gasteiger charge is 2.70. The minimum atomic E-state index is -2.10. The molecule has 0 aromatic carbocycles. The number of aliphatic hydroxyl groups excluding tert-OH is 10. The van der Waals surface area contributed by atoms with E-state index in [9.17, 15) is 65.8 Å². The molecule has 0 aromatic rings. The van der Waals surface area contributed by atoms with Gasteiger partial charge in [0.15, 0.2) is 25.0 Å². The van der Waals surface area contributed by atoms with Crippen LogP contribution in [0.2, 0.25) is 0 Å². The van der Waals surface area contributed by atoms with E-state index in [-0.39, 0.29) is 51.4 Å². The van der Waals surface area contributed by atoms with E-state index in [1.165, 1.54) is 5.57 Å². The number of aliphatic carboxylic acids is 1. The van der Waals surface area contributed by atoms with Gasteiger partial charge in [0.25, 0.3) is 0 Å². The van der Waals surface area contributed by atoms with Gasteiger partial charge in [0.2, 0.25) is 0 Å². The van der Waals surface area contributed by atoms with Gasteiger partial charge in [0.1, 0.15) is 72.9 Å². The highest BCUT2D eigenvalue weighted by molar-refractivity contribution is 5.87. The molecule has 3 saturated heterocycles. The zero-order chi connectivity index (χ0) is 49.1. The van der Waals surface area contributed by atoms with Crippen molar-refractivity contribution < 1.29 is 94.2 Å². The molecule has 7 fully saturated rings. The first kappa shape index (κ1) is 51.6. The molecule has 19 heteroatoms. The monoisotopic (exact) mass is 956 g/mol. The van der Waals surface area contributed by atoms with Gasteiger partial charge in [-0.15, -0.1) is 0 Å². The van der Waals surface area contributed by atoms with Gasteiger partial charge >= 0.3 is 5.97 Å². The molecule has 24 atom stereocenters. The first-order chi connectivity index (χ1) is 31.3. The summed E-state index contributed by atoms with van der Waals surface area (Å²) < 4.78 is 35.9. The summed E-state index contributed by atoms with van der Waals surface area (Å²) in [6.07, 6.45) is -19.5. The molecule has 4 saturated carbocycles. The minimum Gasteiger partial charge on any atom is -0.479 e. The number of hydrogen-bond donors (Lipinski definition) is 11. The predicted molar refractivity (Wildman–Crippen MR) is 231 cm³/mol. The van der Waals surface area contributed by atoms with E-state index in [1.54, 1.807) is 0 Å². The lowest BCUT2D eigenvalue weighted by atomic mass is 9.33. The standard InChI is InChI=1S/C48H76O19/c1-43(2)16-22-21-8-9-26-45(4)12-11-28(46(5,20-51)25(45)10-13-48(26,7)47(21,6)15-14-44(22,3)27(52)17-43)64-42-38(34(58)33(57)36(65-42)39(60)61)67-41-37(32(56)30(54)24(19-50)63-41)66-40-35(59)31(55)29(53)23(18-49)62-40/h8,22-26,28-38,40-42,49-51,53-59H,9-20H2,1-7H3,(H,60,61)/t22-,23+,24+,25?,26+,28-,29+,30-,31-,32-,33-,34-,35+,36-,37+,38+,40-,41-,42+,44+,45-,46+,47+,48+/m0/s1. The third kappa shape index (κ3) is 8.01. The number of allylic oxidation sites excluding steroid dienone is 2. The minimum absolute atomic E-state index is 0.0909. The van der Waals surface area contributed by atoms with Crippen molar-refractivity contribution in [1.82, 2.24) is 0 Å². The molecule has 8 aliphatic rings. The van der Waals surface area contributed by atoms with Crippen molar-refractivity contribution in [2.75, 3.05) is 19.8 Å². The summed E-state index contributed by atoms with van der Waals surface area (Å²) in [6, 6.07) is 0. The number of Topliss-reactive ketones (excluding diaryl/α,β-unsaturated/α-hetero) is 1. The Labute approximate surface area is 391 Å². The molecule has 5 aliphatic carbocycles. The van der Waals surface area contributed by atoms with Gasteiger partial charge < -0.3 is 84.6 Å². The lowest BCUT2D eigenvalue weighted by Gasteiger charge is -2.71. The van der Waals surface area contributed by atoms with E-state index in [4.69, 9.17) is 28.4 Å². The van der Waals surface area contributed by atoms with E-state index in [1.807, 2.05) is 6.92 Å². The highest BCUT2D eigenvalue weighted by Crippen LogP contribution is 2.75. The summed E-state index contributed by atoms with van der Waals surface area (Å²) in [4.78, 5) is 26.3. The fourth-order valence-electron chi connectivity index (χ4n) is 14.9. The maximum atomic E-state index is 13.8. The summed E-state index contributed by atoms with van der Waals surface area (Å²) in [5, 5.41) is 118. The number of hydrogen-bond acceptors (Lipinski definition) is 18. The quantitative estimate of drug-likeness (QED) is 0.101. The fraction of sp³-hybridized carbons (Fsp3) is 0.917. The van der Waals surface area contributed by atoms with Gasteiger partial charge in [-0.1, -0.05) is 60.1 Å². The van der Waals surface area contributed by atoms with E-state index >= 15 is 0 Å². The molecule has 3 aliphatic heterocycles. The normalized spacial score (nSPS) is 54.2. The molecule has 67 heavy (non-hydrogen) atoms. The van der Waals surface area contributed by atoms with Crippen molar-refractivity contribution in [3.05, 3.63) is 11.6 Å². The smallest absolute Gasteiger partial charge is 0.335 e. The van der Waals surface area contributed by atoms with Crippen LogP contribution in [0, 0.1) is 50.2 Å². The second-order valence-corrected chi connectivity index (χ2v) is 23.4. The van der Waals surface area contributed by atoms with Crippen molar-refractivity contribution in [3.63, 3.8) is 0 Å². The Bertz CT molecular complexity index is 1880. The maximum absolute atomic E-state index is 13.8. The van der Waals surface area contributed by atoms with Crippen LogP contribution in [0.4, 0.5) is 0 Å². The molecule has 11 N–H and O–H groups in total. The second kappa shape index (κ2) is 18.1. The maximum Gasteiger partial charge on any atom is 0.335 e. The Kier molecular flexibility index (Phi) is 13.9. The van der Waals surface area contributed by atoms with Crippen molar-refractivity contribution in [3.8, 4) is 0 Å². The number of carboxylic acid groups (broad SMARTS) is 1. The summed E-state index contributed by atoms with van der Waals surface area (Å²) >= 11 is 0. The molecule has 0 bridgehead atoms. The van der Waals surface area contributed by atoms with Crippen LogP contribution in [-0.2, 0) is 38.0 Å². The number of ketones is 1. The van der Waals surface area contributed by atoms with Gasteiger partial charge in [0, 0.05) is 17.3 Å². The van der Waals surface area contributed by atoms with Crippen molar-refractivity contribution in [2.24, 2.45) is 50.2 Å². The average molecular weight is 957 g/mol. The molecule has 1 unspecified atom stereocenters. The lowest BCUT2D eigenvalue weighted by molar-refractivity contribution is -0.397. The largest absolute Gasteiger partial charge is 0.479 e. The SMILES string of the molecule is CC1(C)CC(=O)[C@]2(C)CC[C@]3(C)C(=CC[C@@H]4[C@@]5(C)CC[C@H](O[C@@H]6O[C@H](C(=O)O)[C@@H](O)[C@H](O)[C@H]6O[C@@H]6O[C@H](CO)[C@H](O)[C@H](O)[C@H]6O[C@@H]6O[C@H](CO)[C@@H](O)[C@H](O)[C@H]6O)[C@](C)(CO)C5CC[C@]43C)[C@@H]2C1. The highest BCUT2D eigenvalue weighted by atomic mass is 16.8. The molecule has 3 heterocycles. The molecular weight excluding hydrogens is 881 g/mol. The number of aliphatic hydroxyl groups is 10. The van der Waals surface area contributed by atoms with Crippen LogP contribution in [0.5, 0.6) is 0 Å². The van der Waals surface area contributed by atoms with E-state index in [0.29, 0.717) is 25.0 Å². The van der Waals surface area contributed by atoms with E-state index in [2.05, 4.69) is 47.6 Å². The second-order valence-electron chi connectivity index (χ2n) is 23.4. The molecule has 19 nitrogen and oxygen atoms in total. The molecule has 0 radical (unpaired) electrons. The van der Waals surface area contributed by atoms with Crippen LogP contribution in [-0.4, -0.2) is 186 Å². The molecule has 0 aromatic heterocycles. The summed E-state index contributed by atoms with van der Waals surface area (Å²) in [5.41, 5.74) is -0.597. The third-order valence-electron chi connectivity index (χ3n) is 19.3. The lowest BCUT2D eigenvalue weighted by Crippen LogP contribution is -2.68. The number of ether oxygens (including phenoxy) is 6. The predicted octanol–water partition coefficient (Wildman–Crippen LogP) is -0.115. The van der Waals surface area contributed by atoms with E-state index < -0.39 is 123 Å². The first-order valence-electron chi connectivity index (χ1n) is 24.3. The zero-order valence-corrected chi connectivity index (χ0v) is 39.7. The Morgan fingerprint density at radius 3 is 1.87 bits per heavy atom. The van der Waals surface area contributed by atoms with Gasteiger partial charge in [-0.25, -0.2) is 4.79 Å². The molecule has 8 rings (SSSR count). The average Bonchev–Trinajstić information content (AvgIpc) is 3.27. The van der Waals surface area contributed by atoms with Crippen LogP contribution in [0.1, 0.15) is 106 Å². The Morgan fingerprint density at radius 2 is 1.25 bits per heavy atom. The van der Waals surface area contributed by atoms with Gasteiger partial charge in [0.05, 0.1) is 25.9 Å². The van der Waals surface area contributed by atoms with Gasteiger partial charge in [-0.3, -0.25) is 4.79 Å². The van der Waals surface area contributed by atoms with Crippen LogP contribution in [0.3, 0.4) is 0 Å². The summed E-state index contributed by atoms with van der Waals surface area (Å²) in [5.74, 6) is -0.996. The topological polar surface area (TPSA) is 312 Å². The van der Waals surface area contributed by atoms with Crippen LogP contribution in [0.25, 0.3) is 0 Å². The third-order valence-corrected chi connectivity index (χ3v) is 19.3.